The Bertz CT molecular complexity index is 1520. The first-order valence-electron chi connectivity index (χ1n) is 12.6. The van der Waals surface area contributed by atoms with Crippen LogP contribution >= 0.6 is 23.2 Å². The van der Waals surface area contributed by atoms with Crippen LogP contribution in [0.5, 0.6) is 0 Å². The van der Waals surface area contributed by atoms with Crippen molar-refractivity contribution >= 4 is 45.6 Å². The van der Waals surface area contributed by atoms with Gasteiger partial charge in [-0.3, -0.25) is 9.00 Å². The minimum Gasteiger partial charge on any atom is -0.325 e. The lowest BCUT2D eigenvalue weighted by Gasteiger charge is -2.37. The highest BCUT2D eigenvalue weighted by molar-refractivity contribution is 7.84. The Labute approximate surface area is 245 Å². The first-order valence-corrected chi connectivity index (χ1v) is 14.9. The van der Waals surface area contributed by atoms with Gasteiger partial charge in [0.1, 0.15) is 17.0 Å². The first kappa shape index (κ1) is 30.1. The Balaban J connectivity index is 1.95. The molecule has 10 heteroatoms. The molecule has 3 aromatic rings. The van der Waals surface area contributed by atoms with Crippen molar-refractivity contribution in [1.29, 1.82) is 5.26 Å². The molecule has 210 valence electrons. The fraction of sp³-hybridized carbons (Fsp3) is 0.333. The zero-order chi connectivity index (χ0) is 29.4. The van der Waals surface area contributed by atoms with Gasteiger partial charge in [-0.1, -0.05) is 68.2 Å². The molecule has 4 rings (SSSR count). The maximum atomic E-state index is 15.7. The van der Waals surface area contributed by atoms with Gasteiger partial charge >= 0.3 is 0 Å². The number of nitriles is 1. The number of rotatable bonds is 6. The molecule has 3 aromatic carbocycles. The number of hydrogen-bond acceptors (Lipinski definition) is 4. The van der Waals surface area contributed by atoms with Crippen LogP contribution in [0.1, 0.15) is 44.2 Å². The third-order valence-corrected chi connectivity index (χ3v) is 8.61. The summed E-state index contributed by atoms with van der Waals surface area (Å²) in [7, 11) is -1.29. The van der Waals surface area contributed by atoms with Crippen molar-refractivity contribution in [3.8, 4) is 6.07 Å². The van der Waals surface area contributed by atoms with Crippen LogP contribution in [0.25, 0.3) is 0 Å². The van der Waals surface area contributed by atoms with E-state index in [-0.39, 0.29) is 26.6 Å². The van der Waals surface area contributed by atoms with E-state index in [2.05, 4.69) is 16.7 Å². The first-order chi connectivity index (χ1) is 18.8. The minimum atomic E-state index is -1.72. The molecule has 1 heterocycles. The highest BCUT2D eigenvalue weighted by Crippen LogP contribution is 2.52. The van der Waals surface area contributed by atoms with Gasteiger partial charge in [-0.25, -0.2) is 8.78 Å². The summed E-state index contributed by atoms with van der Waals surface area (Å²) in [6, 6.07) is 15.3. The molecule has 2 N–H and O–H groups in total. The zero-order valence-corrected chi connectivity index (χ0v) is 24.7. The van der Waals surface area contributed by atoms with Gasteiger partial charge < -0.3 is 10.6 Å². The van der Waals surface area contributed by atoms with E-state index in [9.17, 15) is 14.3 Å². The van der Waals surface area contributed by atoms with Crippen LogP contribution in [-0.4, -0.2) is 28.5 Å². The molecule has 1 fully saturated rings. The van der Waals surface area contributed by atoms with Crippen LogP contribution in [0, 0.1) is 28.4 Å². The van der Waals surface area contributed by atoms with Crippen molar-refractivity contribution in [1.82, 2.24) is 5.32 Å². The Morgan fingerprint density at radius 3 is 2.45 bits per heavy atom. The molecule has 0 saturated carbocycles. The maximum absolute atomic E-state index is 15.7. The average molecular weight is 605 g/mol. The number of nitrogens with zero attached hydrogens (tertiary/aromatic N) is 1. The quantitative estimate of drug-likeness (QED) is 0.319. The minimum absolute atomic E-state index is 0.00389. The van der Waals surface area contributed by atoms with E-state index in [1.807, 2.05) is 20.8 Å². The smallest absolute Gasteiger partial charge is 0.242 e. The normalized spacial score (nSPS) is 23.4. The van der Waals surface area contributed by atoms with E-state index >= 15 is 8.78 Å². The van der Waals surface area contributed by atoms with Crippen molar-refractivity contribution in [2.45, 2.75) is 55.5 Å². The SMILES string of the molecule is CS(=O)c1cccc(NC(=O)[C@@H]2NC(CC(C)(C)C)[C@](C#N)(c3ccc(Cl)cc3F)C2c2cccc(Cl)c2F)c1. The summed E-state index contributed by atoms with van der Waals surface area (Å²) in [5.74, 6) is -3.26. The summed E-state index contributed by atoms with van der Waals surface area (Å²) in [5.41, 5.74) is -1.68. The predicted molar refractivity (Wildman–Crippen MR) is 155 cm³/mol. The molecule has 0 aromatic heterocycles. The zero-order valence-electron chi connectivity index (χ0n) is 22.4. The molecule has 0 radical (unpaired) electrons. The Morgan fingerprint density at radius 1 is 1.12 bits per heavy atom. The second-order valence-electron chi connectivity index (χ2n) is 11.2. The summed E-state index contributed by atoms with van der Waals surface area (Å²) in [4.78, 5) is 14.4. The monoisotopic (exact) mass is 603 g/mol. The average Bonchev–Trinajstić information content (AvgIpc) is 3.18. The lowest BCUT2D eigenvalue weighted by molar-refractivity contribution is -0.118. The highest BCUT2D eigenvalue weighted by atomic mass is 35.5. The molecular formula is C30H29Cl2F2N3O2S. The van der Waals surface area contributed by atoms with Crippen LogP contribution in [0.15, 0.2) is 65.6 Å². The lowest BCUT2D eigenvalue weighted by atomic mass is 9.62. The van der Waals surface area contributed by atoms with Gasteiger partial charge in [0, 0.05) is 50.2 Å². The molecule has 1 aliphatic heterocycles. The molecule has 1 amide bonds. The summed E-state index contributed by atoms with van der Waals surface area (Å²) in [5, 5.41) is 17.0. The Hall–Kier alpha value is -2.83. The number of benzene rings is 3. The van der Waals surface area contributed by atoms with E-state index in [1.165, 1.54) is 36.6 Å². The summed E-state index contributed by atoms with van der Waals surface area (Å²) in [6.45, 7) is 5.90. The second-order valence-corrected chi connectivity index (χ2v) is 13.4. The third-order valence-electron chi connectivity index (χ3n) is 7.17. The number of anilines is 1. The second kappa shape index (κ2) is 11.6. The van der Waals surface area contributed by atoms with Crippen molar-refractivity contribution in [3.05, 3.63) is 93.5 Å². The lowest BCUT2D eigenvalue weighted by Crippen LogP contribution is -2.45. The van der Waals surface area contributed by atoms with Gasteiger partial charge in [-0.2, -0.15) is 5.26 Å². The Morgan fingerprint density at radius 2 is 1.82 bits per heavy atom. The van der Waals surface area contributed by atoms with Crippen LogP contribution in [0.3, 0.4) is 0 Å². The van der Waals surface area contributed by atoms with Gasteiger partial charge in [-0.05, 0) is 53.8 Å². The molecule has 3 unspecified atom stereocenters. The van der Waals surface area contributed by atoms with E-state index in [4.69, 9.17) is 23.2 Å². The predicted octanol–water partition coefficient (Wildman–Crippen LogP) is 6.97. The fourth-order valence-corrected chi connectivity index (χ4v) is 6.43. The molecule has 0 aliphatic carbocycles. The van der Waals surface area contributed by atoms with Crippen LogP contribution in [-0.2, 0) is 21.0 Å². The topological polar surface area (TPSA) is 82.0 Å². The summed E-state index contributed by atoms with van der Waals surface area (Å²) >= 11 is 12.2. The largest absolute Gasteiger partial charge is 0.325 e. The highest BCUT2D eigenvalue weighted by Gasteiger charge is 2.61. The molecule has 5 nitrogen and oxygen atoms in total. The summed E-state index contributed by atoms with van der Waals surface area (Å²) in [6.07, 6.45) is 1.88. The molecule has 0 spiro atoms. The number of amides is 1. The number of carbonyl (C=O) groups excluding carboxylic acids is 1. The molecule has 40 heavy (non-hydrogen) atoms. The summed E-state index contributed by atoms with van der Waals surface area (Å²) < 4.78 is 43.4. The maximum Gasteiger partial charge on any atom is 0.242 e. The standard InChI is InChI=1S/C30H29Cl2F2N3O2S/c1-29(2,3)15-24-30(16-35,21-12-11-17(31)13-23(21)33)25(20-9-6-10-22(32)26(20)34)27(37-24)28(38)36-18-7-5-8-19(14-18)40(4)39/h5-14,24-25,27,37H,15H2,1-4H3,(H,36,38)/t24?,25?,27-,30+,40?/m1/s1. The molecular weight excluding hydrogens is 575 g/mol. The number of nitrogens with one attached hydrogen (secondary N) is 2. The van der Waals surface area contributed by atoms with Gasteiger partial charge in [0.15, 0.2) is 0 Å². The molecule has 1 aliphatic rings. The number of carbonyl (C=O) groups is 1. The van der Waals surface area contributed by atoms with Crippen molar-refractivity contribution in [2.75, 3.05) is 11.6 Å². The van der Waals surface area contributed by atoms with Gasteiger partial charge in [0.25, 0.3) is 0 Å². The molecule has 0 bridgehead atoms. The van der Waals surface area contributed by atoms with E-state index in [0.29, 0.717) is 17.0 Å². The molecule has 5 atom stereocenters. The van der Waals surface area contributed by atoms with Crippen LogP contribution in [0.2, 0.25) is 10.0 Å². The van der Waals surface area contributed by atoms with Crippen molar-refractivity contribution in [3.63, 3.8) is 0 Å². The van der Waals surface area contributed by atoms with Crippen LogP contribution in [0.4, 0.5) is 14.5 Å². The van der Waals surface area contributed by atoms with E-state index in [1.54, 1.807) is 24.3 Å². The van der Waals surface area contributed by atoms with E-state index < -0.39 is 51.8 Å². The third kappa shape index (κ3) is 5.80. The molecule has 1 saturated heterocycles. The van der Waals surface area contributed by atoms with Crippen molar-refractivity contribution < 1.29 is 17.8 Å². The van der Waals surface area contributed by atoms with Crippen molar-refractivity contribution in [2.24, 2.45) is 5.41 Å². The number of halogens is 4. The number of hydrogen-bond donors (Lipinski definition) is 2. The van der Waals surface area contributed by atoms with Gasteiger partial charge in [-0.15, -0.1) is 0 Å². The fourth-order valence-electron chi connectivity index (χ4n) is 5.53. The Kier molecular flexibility index (Phi) is 8.72. The van der Waals surface area contributed by atoms with Gasteiger partial charge in [0.05, 0.1) is 17.1 Å². The van der Waals surface area contributed by atoms with Gasteiger partial charge in [0.2, 0.25) is 5.91 Å². The van der Waals surface area contributed by atoms with Crippen LogP contribution < -0.4 is 10.6 Å². The van der Waals surface area contributed by atoms with E-state index in [0.717, 1.165) is 6.07 Å².